The lowest BCUT2D eigenvalue weighted by Crippen LogP contribution is -2.56. The monoisotopic (exact) mass is 266 g/mol. The van der Waals surface area contributed by atoms with E-state index in [1.165, 1.54) is 0 Å². The fourth-order valence-electron chi connectivity index (χ4n) is 2.12. The number of rotatable bonds is 2. The SMILES string of the molecule is CCC1C(=O)NCCN1C(=O)c1ccc(Cl)cc1. The summed E-state index contributed by atoms with van der Waals surface area (Å²) in [5.41, 5.74) is 0.563. The van der Waals surface area contributed by atoms with E-state index < -0.39 is 0 Å². The Morgan fingerprint density at radius 2 is 2.11 bits per heavy atom. The molecule has 1 saturated heterocycles. The summed E-state index contributed by atoms with van der Waals surface area (Å²) in [5.74, 6) is -0.195. The molecule has 1 aromatic carbocycles. The van der Waals surface area contributed by atoms with Crippen molar-refractivity contribution in [2.45, 2.75) is 19.4 Å². The van der Waals surface area contributed by atoms with Gasteiger partial charge in [0.1, 0.15) is 6.04 Å². The second kappa shape index (κ2) is 5.40. The summed E-state index contributed by atoms with van der Waals surface area (Å²) < 4.78 is 0. The second-order valence-corrected chi connectivity index (χ2v) is 4.66. The van der Waals surface area contributed by atoms with Crippen molar-refractivity contribution < 1.29 is 9.59 Å². The molecule has 1 heterocycles. The third-order valence-corrected chi connectivity index (χ3v) is 3.32. The van der Waals surface area contributed by atoms with E-state index in [-0.39, 0.29) is 17.9 Å². The van der Waals surface area contributed by atoms with Gasteiger partial charge < -0.3 is 10.2 Å². The molecule has 0 spiro atoms. The van der Waals surface area contributed by atoms with Gasteiger partial charge in [0.25, 0.3) is 5.91 Å². The Kier molecular flexibility index (Phi) is 3.87. The molecular formula is C13H15ClN2O2. The van der Waals surface area contributed by atoms with Crippen molar-refractivity contribution >= 4 is 23.4 Å². The van der Waals surface area contributed by atoms with Crippen LogP contribution in [0.4, 0.5) is 0 Å². The van der Waals surface area contributed by atoms with Crippen molar-refractivity contribution in [1.29, 1.82) is 0 Å². The van der Waals surface area contributed by atoms with Crippen molar-refractivity contribution in [1.82, 2.24) is 10.2 Å². The quantitative estimate of drug-likeness (QED) is 0.886. The number of carbonyl (C=O) groups is 2. The van der Waals surface area contributed by atoms with Crippen LogP contribution in [-0.2, 0) is 4.79 Å². The molecule has 96 valence electrons. The molecule has 0 radical (unpaired) electrons. The van der Waals surface area contributed by atoms with E-state index in [0.29, 0.717) is 30.1 Å². The van der Waals surface area contributed by atoms with E-state index in [1.807, 2.05) is 6.92 Å². The van der Waals surface area contributed by atoms with Crippen molar-refractivity contribution in [3.63, 3.8) is 0 Å². The minimum Gasteiger partial charge on any atom is -0.353 e. The second-order valence-electron chi connectivity index (χ2n) is 4.22. The number of carbonyl (C=O) groups excluding carboxylic acids is 2. The Bertz CT molecular complexity index is 459. The minimum atomic E-state index is -0.373. The van der Waals surface area contributed by atoms with Crippen molar-refractivity contribution in [2.75, 3.05) is 13.1 Å². The van der Waals surface area contributed by atoms with E-state index >= 15 is 0 Å². The molecule has 5 heteroatoms. The molecule has 1 N–H and O–H groups in total. The number of piperazine rings is 1. The van der Waals surface area contributed by atoms with Crippen LogP contribution in [0.2, 0.25) is 5.02 Å². The lowest BCUT2D eigenvalue weighted by atomic mass is 10.1. The summed E-state index contributed by atoms with van der Waals surface area (Å²) in [5, 5.41) is 3.37. The molecule has 0 bridgehead atoms. The van der Waals surface area contributed by atoms with Crippen LogP contribution in [0.1, 0.15) is 23.7 Å². The predicted octanol–water partition coefficient (Wildman–Crippen LogP) is 1.69. The zero-order chi connectivity index (χ0) is 13.1. The highest BCUT2D eigenvalue weighted by Gasteiger charge is 2.31. The first-order valence-electron chi connectivity index (χ1n) is 5.97. The highest BCUT2D eigenvalue weighted by Crippen LogP contribution is 2.15. The third-order valence-electron chi connectivity index (χ3n) is 3.07. The third kappa shape index (κ3) is 2.48. The molecular weight excluding hydrogens is 252 g/mol. The van der Waals surface area contributed by atoms with E-state index in [0.717, 1.165) is 0 Å². The molecule has 2 rings (SSSR count). The van der Waals surface area contributed by atoms with Crippen LogP contribution in [0, 0.1) is 0 Å². The van der Waals surface area contributed by atoms with Gasteiger partial charge in [-0.1, -0.05) is 18.5 Å². The Labute approximate surface area is 111 Å². The van der Waals surface area contributed by atoms with Crippen LogP contribution >= 0.6 is 11.6 Å². The molecule has 0 aliphatic carbocycles. The molecule has 1 aromatic rings. The van der Waals surface area contributed by atoms with Crippen molar-refractivity contribution in [3.8, 4) is 0 Å². The van der Waals surface area contributed by atoms with Gasteiger partial charge in [-0.2, -0.15) is 0 Å². The Balaban J connectivity index is 2.21. The zero-order valence-corrected chi connectivity index (χ0v) is 10.9. The molecule has 1 atom stereocenters. The Morgan fingerprint density at radius 1 is 1.44 bits per heavy atom. The first kappa shape index (κ1) is 12.9. The van der Waals surface area contributed by atoms with Gasteiger partial charge in [0.15, 0.2) is 0 Å². The number of halogens is 1. The summed E-state index contributed by atoms with van der Waals surface area (Å²) in [6, 6.07) is 6.36. The average Bonchev–Trinajstić information content (AvgIpc) is 2.38. The average molecular weight is 267 g/mol. The van der Waals surface area contributed by atoms with E-state index in [1.54, 1.807) is 29.2 Å². The molecule has 18 heavy (non-hydrogen) atoms. The highest BCUT2D eigenvalue weighted by atomic mass is 35.5. The standard InChI is InChI=1S/C13H15ClN2O2/c1-2-11-12(17)15-7-8-16(11)13(18)9-3-5-10(14)6-4-9/h3-6,11H,2,7-8H2,1H3,(H,15,17). The van der Waals surface area contributed by atoms with Crippen molar-refractivity contribution in [3.05, 3.63) is 34.9 Å². The van der Waals surface area contributed by atoms with Gasteiger partial charge >= 0.3 is 0 Å². The lowest BCUT2D eigenvalue weighted by molar-refractivity contribution is -0.127. The van der Waals surface area contributed by atoms with Crippen LogP contribution in [0.3, 0.4) is 0 Å². The van der Waals surface area contributed by atoms with E-state index in [4.69, 9.17) is 11.6 Å². The largest absolute Gasteiger partial charge is 0.353 e. The minimum absolute atomic E-state index is 0.0777. The molecule has 1 fully saturated rings. The molecule has 0 saturated carbocycles. The topological polar surface area (TPSA) is 49.4 Å². The van der Waals surface area contributed by atoms with Gasteiger partial charge in [-0.25, -0.2) is 0 Å². The van der Waals surface area contributed by atoms with E-state index in [9.17, 15) is 9.59 Å². The summed E-state index contributed by atoms with van der Waals surface area (Å²) in [6.07, 6.45) is 0.616. The Morgan fingerprint density at radius 3 is 2.72 bits per heavy atom. The number of hydrogen-bond acceptors (Lipinski definition) is 2. The maximum atomic E-state index is 12.3. The van der Waals surface area contributed by atoms with Gasteiger partial charge in [0.2, 0.25) is 5.91 Å². The smallest absolute Gasteiger partial charge is 0.254 e. The van der Waals surface area contributed by atoms with Crippen LogP contribution in [-0.4, -0.2) is 35.8 Å². The van der Waals surface area contributed by atoms with Gasteiger partial charge in [-0.3, -0.25) is 9.59 Å². The number of hydrogen-bond donors (Lipinski definition) is 1. The van der Waals surface area contributed by atoms with Crippen LogP contribution < -0.4 is 5.32 Å². The highest BCUT2D eigenvalue weighted by molar-refractivity contribution is 6.30. The van der Waals surface area contributed by atoms with Gasteiger partial charge in [0.05, 0.1) is 0 Å². The number of benzene rings is 1. The van der Waals surface area contributed by atoms with Gasteiger partial charge in [-0.15, -0.1) is 0 Å². The summed E-state index contributed by atoms with van der Waals surface area (Å²) in [7, 11) is 0. The molecule has 1 aliphatic heterocycles. The summed E-state index contributed by atoms with van der Waals surface area (Å²) in [6.45, 7) is 2.96. The maximum Gasteiger partial charge on any atom is 0.254 e. The fourth-order valence-corrected chi connectivity index (χ4v) is 2.25. The number of nitrogens with zero attached hydrogens (tertiary/aromatic N) is 1. The maximum absolute atomic E-state index is 12.3. The first-order valence-corrected chi connectivity index (χ1v) is 6.35. The molecule has 2 amide bonds. The van der Waals surface area contributed by atoms with Gasteiger partial charge in [0, 0.05) is 23.7 Å². The van der Waals surface area contributed by atoms with Crippen LogP contribution in [0.25, 0.3) is 0 Å². The molecule has 1 unspecified atom stereocenters. The molecule has 0 aromatic heterocycles. The van der Waals surface area contributed by atoms with Crippen molar-refractivity contribution in [2.24, 2.45) is 0 Å². The predicted molar refractivity (Wildman–Crippen MR) is 69.6 cm³/mol. The lowest BCUT2D eigenvalue weighted by Gasteiger charge is -2.34. The zero-order valence-electron chi connectivity index (χ0n) is 10.1. The molecule has 1 aliphatic rings. The summed E-state index contributed by atoms with van der Waals surface area (Å²) in [4.78, 5) is 25.7. The van der Waals surface area contributed by atoms with Crippen LogP contribution in [0.15, 0.2) is 24.3 Å². The fraction of sp³-hybridized carbons (Fsp3) is 0.385. The van der Waals surface area contributed by atoms with Gasteiger partial charge in [-0.05, 0) is 30.7 Å². The normalized spacial score (nSPS) is 19.6. The number of nitrogens with one attached hydrogen (secondary N) is 1. The van der Waals surface area contributed by atoms with E-state index in [2.05, 4.69) is 5.32 Å². The first-order chi connectivity index (χ1) is 8.63. The van der Waals surface area contributed by atoms with Crippen LogP contribution in [0.5, 0.6) is 0 Å². The Hall–Kier alpha value is -1.55. The number of amides is 2. The molecule has 4 nitrogen and oxygen atoms in total. The summed E-state index contributed by atoms with van der Waals surface area (Å²) >= 11 is 5.79.